The Morgan fingerprint density at radius 2 is 2.15 bits per heavy atom. The fourth-order valence-electron chi connectivity index (χ4n) is 2.66. The highest BCUT2D eigenvalue weighted by Gasteiger charge is 2.18. The molecule has 1 aliphatic carbocycles. The molecule has 2 rings (SSSR count). The van der Waals surface area contributed by atoms with E-state index in [4.69, 9.17) is 4.98 Å². The van der Waals surface area contributed by atoms with E-state index in [2.05, 4.69) is 16.0 Å². The lowest BCUT2D eigenvalue weighted by Gasteiger charge is -2.19. The molecule has 5 heteroatoms. The predicted octanol–water partition coefficient (Wildman–Crippen LogP) is 2.46. The van der Waals surface area contributed by atoms with Crippen molar-refractivity contribution in [2.45, 2.75) is 50.9 Å². The Bertz CT molecular complexity index is 413. The lowest BCUT2D eigenvalue weighted by Crippen LogP contribution is -2.28. The molecule has 1 aliphatic rings. The van der Waals surface area contributed by atoms with Crippen molar-refractivity contribution in [3.8, 4) is 0 Å². The molecule has 0 aromatic carbocycles. The first-order valence-corrected chi connectivity index (χ1v) is 8.53. The largest absolute Gasteiger partial charge is 0.356 e. The van der Waals surface area contributed by atoms with Crippen LogP contribution in [0.2, 0.25) is 0 Å². The van der Waals surface area contributed by atoms with E-state index in [9.17, 15) is 4.79 Å². The van der Waals surface area contributed by atoms with Gasteiger partial charge in [-0.1, -0.05) is 19.3 Å². The number of amides is 1. The molecule has 1 aromatic heterocycles. The highest BCUT2D eigenvalue weighted by molar-refractivity contribution is 7.09. The van der Waals surface area contributed by atoms with Crippen LogP contribution in [-0.2, 0) is 11.2 Å². The van der Waals surface area contributed by atoms with Crippen LogP contribution >= 0.6 is 11.3 Å². The number of carbonyl (C=O) groups excluding carboxylic acids is 1. The Kier molecular flexibility index (Phi) is 6.47. The Morgan fingerprint density at radius 1 is 1.35 bits per heavy atom. The van der Waals surface area contributed by atoms with E-state index < -0.39 is 0 Å². The second kappa shape index (κ2) is 8.37. The molecule has 1 heterocycles. The molecule has 112 valence electrons. The zero-order valence-corrected chi connectivity index (χ0v) is 13.1. The molecule has 0 atom stereocenters. The first-order chi connectivity index (χ1) is 9.79. The van der Waals surface area contributed by atoms with Crippen LogP contribution in [0.25, 0.3) is 0 Å². The number of aromatic nitrogens is 1. The maximum atomic E-state index is 11.5. The predicted molar refractivity (Wildman–Crippen MR) is 83.2 cm³/mol. The highest BCUT2D eigenvalue weighted by Crippen LogP contribution is 2.32. The van der Waals surface area contributed by atoms with E-state index in [0.29, 0.717) is 18.9 Å². The van der Waals surface area contributed by atoms with Gasteiger partial charge < -0.3 is 10.6 Å². The zero-order chi connectivity index (χ0) is 14.2. The summed E-state index contributed by atoms with van der Waals surface area (Å²) < 4.78 is 0. The van der Waals surface area contributed by atoms with Crippen molar-refractivity contribution in [3.05, 3.63) is 16.1 Å². The van der Waals surface area contributed by atoms with Crippen LogP contribution in [0.4, 0.5) is 0 Å². The Hall–Kier alpha value is -0.940. The molecule has 1 amide bonds. The minimum absolute atomic E-state index is 0.114. The van der Waals surface area contributed by atoms with Gasteiger partial charge in [0.1, 0.15) is 0 Å². The Balaban J connectivity index is 1.71. The molecule has 0 aliphatic heterocycles. The third-order valence-electron chi connectivity index (χ3n) is 3.86. The summed E-state index contributed by atoms with van der Waals surface area (Å²) in [5.74, 6) is 0.794. The minimum atomic E-state index is 0.114. The molecule has 0 saturated heterocycles. The molecular weight excluding hydrogens is 270 g/mol. The standard InChI is InChI=1S/C15H25N3OS/c1-16-9-7-14(19)17-10-8-15-18-13(11-20-15)12-5-3-2-4-6-12/h11-12,16H,2-10H2,1H3,(H,17,19). The molecule has 0 spiro atoms. The minimum Gasteiger partial charge on any atom is -0.356 e. The number of carbonyl (C=O) groups is 1. The van der Waals surface area contributed by atoms with Crippen molar-refractivity contribution in [2.24, 2.45) is 0 Å². The fourth-order valence-corrected chi connectivity index (χ4v) is 3.54. The third kappa shape index (κ3) is 4.87. The highest BCUT2D eigenvalue weighted by atomic mass is 32.1. The van der Waals surface area contributed by atoms with Crippen LogP contribution in [0.3, 0.4) is 0 Å². The summed E-state index contributed by atoms with van der Waals surface area (Å²) in [6.07, 6.45) is 8.06. The molecule has 0 unspecified atom stereocenters. The van der Waals surface area contributed by atoms with Crippen LogP contribution in [0.5, 0.6) is 0 Å². The van der Waals surface area contributed by atoms with Crippen molar-refractivity contribution < 1.29 is 4.79 Å². The van der Waals surface area contributed by atoms with Gasteiger partial charge in [-0.25, -0.2) is 4.98 Å². The number of thiazole rings is 1. The maximum Gasteiger partial charge on any atom is 0.221 e. The van der Waals surface area contributed by atoms with Crippen LogP contribution in [0.1, 0.15) is 55.1 Å². The normalized spacial score (nSPS) is 16.2. The Labute approximate surface area is 125 Å². The van der Waals surface area contributed by atoms with E-state index in [0.717, 1.165) is 18.0 Å². The number of nitrogens with one attached hydrogen (secondary N) is 2. The van der Waals surface area contributed by atoms with Gasteiger partial charge in [-0.2, -0.15) is 0 Å². The summed E-state index contributed by atoms with van der Waals surface area (Å²) >= 11 is 1.74. The van der Waals surface area contributed by atoms with E-state index in [1.54, 1.807) is 11.3 Å². The van der Waals surface area contributed by atoms with Gasteiger partial charge in [0, 0.05) is 37.2 Å². The second-order valence-electron chi connectivity index (χ2n) is 5.45. The average molecular weight is 295 g/mol. The van der Waals surface area contributed by atoms with Crippen molar-refractivity contribution in [3.63, 3.8) is 0 Å². The average Bonchev–Trinajstić information content (AvgIpc) is 2.95. The van der Waals surface area contributed by atoms with Gasteiger partial charge in [0.2, 0.25) is 5.91 Å². The van der Waals surface area contributed by atoms with Crippen molar-refractivity contribution in [1.82, 2.24) is 15.6 Å². The van der Waals surface area contributed by atoms with Crippen LogP contribution < -0.4 is 10.6 Å². The summed E-state index contributed by atoms with van der Waals surface area (Å²) in [6, 6.07) is 0. The smallest absolute Gasteiger partial charge is 0.221 e. The summed E-state index contributed by atoms with van der Waals surface area (Å²) in [5.41, 5.74) is 1.28. The van der Waals surface area contributed by atoms with Crippen molar-refractivity contribution in [2.75, 3.05) is 20.1 Å². The summed E-state index contributed by atoms with van der Waals surface area (Å²) in [7, 11) is 1.86. The topological polar surface area (TPSA) is 54.0 Å². The van der Waals surface area contributed by atoms with Gasteiger partial charge in [0.15, 0.2) is 0 Å². The number of hydrogen-bond donors (Lipinski definition) is 2. The molecule has 20 heavy (non-hydrogen) atoms. The quantitative estimate of drug-likeness (QED) is 0.812. The van der Waals surface area contributed by atoms with E-state index in [-0.39, 0.29) is 5.91 Å². The molecule has 0 bridgehead atoms. The van der Waals surface area contributed by atoms with Crippen molar-refractivity contribution in [1.29, 1.82) is 0 Å². The van der Waals surface area contributed by atoms with Gasteiger partial charge in [-0.3, -0.25) is 4.79 Å². The van der Waals surface area contributed by atoms with Gasteiger partial charge in [0.05, 0.1) is 10.7 Å². The van der Waals surface area contributed by atoms with Crippen LogP contribution in [0.15, 0.2) is 5.38 Å². The lowest BCUT2D eigenvalue weighted by molar-refractivity contribution is -0.120. The van der Waals surface area contributed by atoms with E-state index in [1.807, 2.05) is 7.05 Å². The Morgan fingerprint density at radius 3 is 2.90 bits per heavy atom. The second-order valence-corrected chi connectivity index (χ2v) is 6.40. The maximum absolute atomic E-state index is 11.5. The summed E-state index contributed by atoms with van der Waals surface area (Å²) in [5, 5.41) is 9.29. The molecule has 2 N–H and O–H groups in total. The fraction of sp³-hybridized carbons (Fsp3) is 0.733. The van der Waals surface area contributed by atoms with Gasteiger partial charge >= 0.3 is 0 Å². The summed E-state index contributed by atoms with van der Waals surface area (Å²) in [6.45, 7) is 1.43. The molecular formula is C15H25N3OS. The van der Waals surface area contributed by atoms with E-state index >= 15 is 0 Å². The van der Waals surface area contributed by atoms with Crippen LogP contribution in [-0.4, -0.2) is 31.0 Å². The molecule has 0 radical (unpaired) electrons. The molecule has 4 nitrogen and oxygen atoms in total. The first kappa shape index (κ1) is 15.4. The first-order valence-electron chi connectivity index (χ1n) is 7.65. The number of nitrogens with zero attached hydrogens (tertiary/aromatic N) is 1. The SMILES string of the molecule is CNCCC(=O)NCCc1nc(C2CCCCC2)cs1. The summed E-state index contributed by atoms with van der Waals surface area (Å²) in [4.78, 5) is 16.2. The monoisotopic (exact) mass is 295 g/mol. The zero-order valence-electron chi connectivity index (χ0n) is 12.3. The molecule has 1 aromatic rings. The third-order valence-corrected chi connectivity index (χ3v) is 4.78. The lowest BCUT2D eigenvalue weighted by atomic mass is 9.87. The van der Waals surface area contributed by atoms with Gasteiger partial charge in [0.25, 0.3) is 0 Å². The van der Waals surface area contributed by atoms with E-state index in [1.165, 1.54) is 37.8 Å². The number of hydrogen-bond acceptors (Lipinski definition) is 4. The molecule has 1 fully saturated rings. The van der Waals surface area contributed by atoms with Crippen LogP contribution in [0, 0.1) is 0 Å². The van der Waals surface area contributed by atoms with Gasteiger partial charge in [-0.05, 0) is 19.9 Å². The van der Waals surface area contributed by atoms with Gasteiger partial charge in [-0.15, -0.1) is 11.3 Å². The molecule has 1 saturated carbocycles. The van der Waals surface area contributed by atoms with Crippen molar-refractivity contribution >= 4 is 17.2 Å². The number of rotatable bonds is 7.